The van der Waals surface area contributed by atoms with Crippen molar-refractivity contribution < 1.29 is 40.6 Å². The van der Waals surface area contributed by atoms with Crippen LogP contribution in [0.2, 0.25) is 5.02 Å². The first-order valence-electron chi connectivity index (χ1n) is 13.7. The van der Waals surface area contributed by atoms with Crippen LogP contribution in [0.5, 0.6) is 5.75 Å². The minimum Gasteiger partial charge on any atom is -0.494 e. The van der Waals surface area contributed by atoms with Crippen molar-refractivity contribution in [2.45, 2.75) is 51.4 Å². The lowest BCUT2D eigenvalue weighted by molar-refractivity contribution is -0.143. The van der Waals surface area contributed by atoms with Crippen molar-refractivity contribution in [3.63, 3.8) is 0 Å². The number of halogens is 7. The molecule has 4 rings (SSSR count). The third kappa shape index (κ3) is 8.10. The van der Waals surface area contributed by atoms with Crippen LogP contribution in [0.3, 0.4) is 0 Å². The van der Waals surface area contributed by atoms with Gasteiger partial charge in [0.1, 0.15) is 11.3 Å². The Morgan fingerprint density at radius 3 is 2.36 bits per heavy atom. The van der Waals surface area contributed by atoms with Gasteiger partial charge in [0, 0.05) is 17.0 Å². The molecule has 0 aliphatic heterocycles. The lowest BCUT2D eigenvalue weighted by Crippen LogP contribution is -2.19. The standard InChI is InChI=1S/C31H28ClF6N3O3/c1-3-43-29(42)23-18-39-41(28(23)31(36,37)38)26-10-5-9-25(40-26)22-7-4-8-24(32)27(22)19(2)17-20-11-13-21(14-12-20)44-16-6-15-30(33,34)35/h4-5,7-14,18-19H,3,6,15-17H2,1-2H3. The van der Waals surface area contributed by atoms with Gasteiger partial charge in [0.25, 0.3) is 0 Å². The van der Waals surface area contributed by atoms with Gasteiger partial charge < -0.3 is 9.47 Å². The van der Waals surface area contributed by atoms with Gasteiger partial charge in [0.05, 0.1) is 25.1 Å². The van der Waals surface area contributed by atoms with E-state index in [0.717, 1.165) is 17.3 Å². The van der Waals surface area contributed by atoms with Gasteiger partial charge in [-0.1, -0.05) is 48.9 Å². The van der Waals surface area contributed by atoms with Crippen LogP contribution in [0.15, 0.2) is 66.9 Å². The lowest BCUT2D eigenvalue weighted by atomic mass is 9.89. The summed E-state index contributed by atoms with van der Waals surface area (Å²) in [6, 6.07) is 16.7. The van der Waals surface area contributed by atoms with E-state index in [1.165, 1.54) is 19.1 Å². The van der Waals surface area contributed by atoms with E-state index < -0.39 is 36.0 Å². The van der Waals surface area contributed by atoms with E-state index in [-0.39, 0.29) is 31.4 Å². The second-order valence-corrected chi connectivity index (χ2v) is 10.3. The van der Waals surface area contributed by atoms with Crippen molar-refractivity contribution in [2.75, 3.05) is 13.2 Å². The number of carbonyl (C=O) groups excluding carboxylic acids is 1. The van der Waals surface area contributed by atoms with Gasteiger partial charge in [-0.15, -0.1) is 0 Å². The number of aromatic nitrogens is 3. The van der Waals surface area contributed by atoms with Gasteiger partial charge in [-0.2, -0.15) is 31.4 Å². The van der Waals surface area contributed by atoms with Gasteiger partial charge in [0.2, 0.25) is 0 Å². The van der Waals surface area contributed by atoms with Crippen LogP contribution in [-0.4, -0.2) is 40.1 Å². The molecular weight excluding hydrogens is 612 g/mol. The smallest absolute Gasteiger partial charge is 0.434 e. The average molecular weight is 640 g/mol. The minimum absolute atomic E-state index is 0.0581. The minimum atomic E-state index is -4.92. The Morgan fingerprint density at radius 2 is 1.70 bits per heavy atom. The number of carbonyl (C=O) groups is 1. The van der Waals surface area contributed by atoms with Gasteiger partial charge in [-0.3, -0.25) is 0 Å². The van der Waals surface area contributed by atoms with E-state index in [4.69, 9.17) is 21.1 Å². The number of hydrogen-bond donors (Lipinski definition) is 0. The van der Waals surface area contributed by atoms with Crippen molar-refractivity contribution in [2.24, 2.45) is 0 Å². The van der Waals surface area contributed by atoms with Gasteiger partial charge in [-0.25, -0.2) is 14.5 Å². The van der Waals surface area contributed by atoms with E-state index in [2.05, 4.69) is 10.1 Å². The quantitative estimate of drug-likeness (QED) is 0.0932. The molecule has 0 fully saturated rings. The van der Waals surface area contributed by atoms with E-state index in [0.29, 0.717) is 33.1 Å². The van der Waals surface area contributed by atoms with Gasteiger partial charge in [0.15, 0.2) is 11.5 Å². The number of ether oxygens (including phenoxy) is 2. The van der Waals surface area contributed by atoms with Crippen LogP contribution in [0.25, 0.3) is 17.1 Å². The van der Waals surface area contributed by atoms with Crippen LogP contribution < -0.4 is 4.74 Å². The van der Waals surface area contributed by atoms with Crippen LogP contribution in [0.1, 0.15) is 59.8 Å². The molecule has 0 aliphatic carbocycles. The Hall–Kier alpha value is -4.06. The zero-order valence-corrected chi connectivity index (χ0v) is 24.4. The Bertz CT molecular complexity index is 1590. The maximum absolute atomic E-state index is 14.1. The first-order valence-corrected chi connectivity index (χ1v) is 14.0. The Morgan fingerprint density at radius 1 is 1.00 bits per heavy atom. The Balaban J connectivity index is 1.59. The molecule has 6 nitrogen and oxygen atoms in total. The molecule has 4 aromatic rings. The summed E-state index contributed by atoms with van der Waals surface area (Å²) in [6.45, 7) is 3.27. The maximum Gasteiger partial charge on any atom is 0.434 e. The normalized spacial score (nSPS) is 12.7. The van der Waals surface area contributed by atoms with Crippen molar-refractivity contribution in [1.29, 1.82) is 0 Å². The molecule has 13 heteroatoms. The molecule has 0 aliphatic rings. The summed E-state index contributed by atoms with van der Waals surface area (Å²) in [5, 5.41) is 4.25. The summed E-state index contributed by atoms with van der Waals surface area (Å²) in [6.07, 6.45) is -8.88. The van der Waals surface area contributed by atoms with Crippen molar-refractivity contribution in [3.8, 4) is 22.8 Å². The molecule has 2 aromatic heterocycles. The molecule has 2 aromatic carbocycles. The SMILES string of the molecule is CCOC(=O)c1cnn(-c2cccc(-c3cccc(Cl)c3C(C)Cc3ccc(OCCCC(F)(F)F)cc3)n2)c1C(F)(F)F. The number of alkyl halides is 6. The van der Waals surface area contributed by atoms with E-state index in [9.17, 15) is 31.1 Å². The summed E-state index contributed by atoms with van der Waals surface area (Å²) >= 11 is 6.63. The number of hydrogen-bond acceptors (Lipinski definition) is 5. The molecule has 0 N–H and O–H groups in total. The average Bonchev–Trinajstić information content (AvgIpc) is 3.42. The first-order chi connectivity index (χ1) is 20.8. The molecule has 0 radical (unpaired) electrons. The Kier molecular flexibility index (Phi) is 10.2. The van der Waals surface area contributed by atoms with Gasteiger partial charge in [-0.05, 0) is 67.1 Å². The fourth-order valence-electron chi connectivity index (χ4n) is 4.75. The van der Waals surface area contributed by atoms with Crippen LogP contribution in [0, 0.1) is 0 Å². The fourth-order valence-corrected chi connectivity index (χ4v) is 5.11. The highest BCUT2D eigenvalue weighted by Crippen LogP contribution is 2.37. The summed E-state index contributed by atoms with van der Waals surface area (Å²) in [5.41, 5.74) is 0.550. The first kappa shape index (κ1) is 32.8. The summed E-state index contributed by atoms with van der Waals surface area (Å²) < 4.78 is 90.0. The number of nitrogens with zero attached hydrogens (tertiary/aromatic N) is 3. The molecule has 234 valence electrons. The third-order valence-electron chi connectivity index (χ3n) is 6.64. The molecule has 2 heterocycles. The van der Waals surface area contributed by atoms with Gasteiger partial charge >= 0.3 is 18.3 Å². The lowest BCUT2D eigenvalue weighted by Gasteiger charge is -2.19. The van der Waals surface area contributed by atoms with Crippen LogP contribution in [-0.2, 0) is 17.3 Å². The molecule has 0 saturated carbocycles. The fraction of sp³-hybridized carbons (Fsp3) is 0.323. The summed E-state index contributed by atoms with van der Waals surface area (Å²) in [7, 11) is 0. The van der Waals surface area contributed by atoms with E-state index in [1.807, 2.05) is 19.1 Å². The molecule has 0 bridgehead atoms. The van der Waals surface area contributed by atoms with Crippen molar-refractivity contribution in [3.05, 3.63) is 94.3 Å². The molecule has 1 unspecified atom stereocenters. The number of benzene rings is 2. The number of rotatable bonds is 11. The monoisotopic (exact) mass is 639 g/mol. The predicted molar refractivity (Wildman–Crippen MR) is 152 cm³/mol. The zero-order chi connectivity index (χ0) is 32.1. The largest absolute Gasteiger partial charge is 0.494 e. The molecule has 1 atom stereocenters. The predicted octanol–water partition coefficient (Wildman–Crippen LogP) is 8.85. The highest BCUT2D eigenvalue weighted by Gasteiger charge is 2.41. The maximum atomic E-state index is 14.1. The van der Waals surface area contributed by atoms with Crippen molar-refractivity contribution >= 4 is 17.6 Å². The van der Waals surface area contributed by atoms with E-state index >= 15 is 0 Å². The zero-order valence-electron chi connectivity index (χ0n) is 23.7. The second-order valence-electron chi connectivity index (χ2n) is 9.94. The molecular formula is C31H28ClF6N3O3. The van der Waals surface area contributed by atoms with Crippen LogP contribution >= 0.6 is 11.6 Å². The summed E-state index contributed by atoms with van der Waals surface area (Å²) in [4.78, 5) is 16.7. The topological polar surface area (TPSA) is 66.2 Å². The number of pyridine rings is 1. The highest BCUT2D eigenvalue weighted by molar-refractivity contribution is 6.31. The molecule has 0 spiro atoms. The van der Waals surface area contributed by atoms with Crippen LogP contribution in [0.4, 0.5) is 26.3 Å². The molecule has 0 amide bonds. The molecule has 0 saturated heterocycles. The van der Waals surface area contributed by atoms with Crippen molar-refractivity contribution in [1.82, 2.24) is 14.8 Å². The number of esters is 1. The van der Waals surface area contributed by atoms with E-state index in [1.54, 1.807) is 36.4 Å². The highest BCUT2D eigenvalue weighted by atomic mass is 35.5. The Labute approximate surface area is 254 Å². The molecule has 44 heavy (non-hydrogen) atoms. The second kappa shape index (κ2) is 13.7. The summed E-state index contributed by atoms with van der Waals surface area (Å²) in [5.74, 6) is -1.02. The third-order valence-corrected chi connectivity index (χ3v) is 6.97.